The van der Waals surface area contributed by atoms with Crippen LogP contribution in [0.4, 0.5) is 0 Å². The van der Waals surface area contributed by atoms with Gasteiger partial charge in [-0.25, -0.2) is 0 Å². The highest BCUT2D eigenvalue weighted by Crippen LogP contribution is 2.51. The third-order valence-corrected chi connectivity index (χ3v) is 4.36. The van der Waals surface area contributed by atoms with Crippen molar-refractivity contribution in [3.8, 4) is 22.4 Å². The van der Waals surface area contributed by atoms with Crippen LogP contribution in [0.3, 0.4) is 0 Å². The molecule has 0 spiro atoms. The lowest BCUT2D eigenvalue weighted by atomic mass is 9.79. The van der Waals surface area contributed by atoms with E-state index in [9.17, 15) is 0 Å². The molecule has 3 heteroatoms. The van der Waals surface area contributed by atoms with Crippen molar-refractivity contribution in [2.75, 3.05) is 0 Å². The maximum atomic E-state index is 4.19. The Labute approximate surface area is 123 Å². The predicted molar refractivity (Wildman–Crippen MR) is 82.8 cm³/mol. The van der Waals surface area contributed by atoms with Crippen LogP contribution in [-0.2, 0) is 5.41 Å². The van der Waals surface area contributed by atoms with Crippen LogP contribution in [0.25, 0.3) is 22.4 Å². The standard InChI is InChI=1S/C18H15N3/c1-18(2)15-9-4-3-6-12(15)13-7-5-8-14(17(13)18)16-10-11-19-21-20-16/h3-11H,1-2H3. The van der Waals surface area contributed by atoms with Gasteiger partial charge in [-0.1, -0.05) is 56.3 Å². The lowest BCUT2D eigenvalue weighted by molar-refractivity contribution is 0.661. The van der Waals surface area contributed by atoms with Crippen molar-refractivity contribution in [2.45, 2.75) is 19.3 Å². The summed E-state index contributed by atoms with van der Waals surface area (Å²) in [5.41, 5.74) is 7.30. The molecule has 1 aliphatic rings. The molecule has 4 rings (SSSR count). The Morgan fingerprint density at radius 2 is 1.57 bits per heavy atom. The summed E-state index contributed by atoms with van der Waals surface area (Å²) in [6.07, 6.45) is 1.69. The second-order valence-corrected chi connectivity index (χ2v) is 5.90. The second-order valence-electron chi connectivity index (χ2n) is 5.90. The van der Waals surface area contributed by atoms with E-state index in [0.29, 0.717) is 0 Å². The zero-order valence-corrected chi connectivity index (χ0v) is 12.0. The minimum Gasteiger partial charge on any atom is -0.139 e. The summed E-state index contributed by atoms with van der Waals surface area (Å²) in [5, 5.41) is 11.8. The number of hydrogen-bond donors (Lipinski definition) is 0. The summed E-state index contributed by atoms with van der Waals surface area (Å²) in [6, 6.07) is 17.0. The van der Waals surface area contributed by atoms with Gasteiger partial charge in [0.05, 0.1) is 11.9 Å². The van der Waals surface area contributed by atoms with E-state index in [4.69, 9.17) is 0 Å². The van der Waals surface area contributed by atoms with E-state index in [-0.39, 0.29) is 5.41 Å². The third kappa shape index (κ3) is 1.64. The molecule has 0 N–H and O–H groups in total. The second kappa shape index (κ2) is 4.22. The van der Waals surface area contributed by atoms with Gasteiger partial charge >= 0.3 is 0 Å². The molecule has 0 saturated carbocycles. The van der Waals surface area contributed by atoms with Crippen LogP contribution in [0.1, 0.15) is 25.0 Å². The largest absolute Gasteiger partial charge is 0.139 e. The first-order chi connectivity index (χ1) is 10.2. The summed E-state index contributed by atoms with van der Waals surface area (Å²) in [5.74, 6) is 0. The summed E-state index contributed by atoms with van der Waals surface area (Å²) < 4.78 is 0. The minimum absolute atomic E-state index is 0.0343. The van der Waals surface area contributed by atoms with E-state index < -0.39 is 0 Å². The summed E-state index contributed by atoms with van der Waals surface area (Å²) in [6.45, 7) is 4.55. The van der Waals surface area contributed by atoms with Crippen molar-refractivity contribution in [1.29, 1.82) is 0 Å². The van der Waals surface area contributed by atoms with Crippen LogP contribution in [0.5, 0.6) is 0 Å². The molecule has 3 nitrogen and oxygen atoms in total. The maximum Gasteiger partial charge on any atom is 0.0966 e. The number of rotatable bonds is 1. The molecule has 0 fully saturated rings. The number of benzene rings is 2. The van der Waals surface area contributed by atoms with Crippen molar-refractivity contribution in [3.63, 3.8) is 0 Å². The highest BCUT2D eigenvalue weighted by atomic mass is 15.3. The summed E-state index contributed by atoms with van der Waals surface area (Å²) >= 11 is 0. The third-order valence-electron chi connectivity index (χ3n) is 4.36. The van der Waals surface area contributed by atoms with E-state index >= 15 is 0 Å². The van der Waals surface area contributed by atoms with Crippen LogP contribution in [-0.4, -0.2) is 15.4 Å². The number of hydrogen-bond acceptors (Lipinski definition) is 3. The Morgan fingerprint density at radius 3 is 2.38 bits per heavy atom. The fourth-order valence-electron chi connectivity index (χ4n) is 3.45. The highest BCUT2D eigenvalue weighted by molar-refractivity contribution is 5.87. The SMILES string of the molecule is CC1(C)c2ccccc2-c2cccc(-c3ccnnn3)c21. The van der Waals surface area contributed by atoms with E-state index in [1.165, 1.54) is 22.3 Å². The molecule has 1 aliphatic carbocycles. The van der Waals surface area contributed by atoms with Crippen LogP contribution in [0, 0.1) is 0 Å². The van der Waals surface area contributed by atoms with E-state index in [1.54, 1.807) is 6.20 Å². The molecule has 0 saturated heterocycles. The predicted octanol–water partition coefficient (Wildman–Crippen LogP) is 3.84. The molecule has 0 bridgehead atoms. The first kappa shape index (κ1) is 12.2. The molecule has 2 aromatic carbocycles. The van der Waals surface area contributed by atoms with Gasteiger partial charge in [0.2, 0.25) is 0 Å². The van der Waals surface area contributed by atoms with E-state index in [2.05, 4.69) is 71.7 Å². The molecular weight excluding hydrogens is 258 g/mol. The molecule has 1 aromatic heterocycles. The van der Waals surface area contributed by atoms with Crippen LogP contribution in [0.2, 0.25) is 0 Å². The Kier molecular flexibility index (Phi) is 2.45. The zero-order chi connectivity index (χ0) is 14.4. The molecule has 1 heterocycles. The fraction of sp³-hybridized carbons (Fsp3) is 0.167. The van der Waals surface area contributed by atoms with E-state index in [0.717, 1.165) is 11.3 Å². The van der Waals surface area contributed by atoms with Gasteiger partial charge in [-0.2, -0.15) is 0 Å². The minimum atomic E-state index is -0.0343. The lowest BCUT2D eigenvalue weighted by Gasteiger charge is -2.23. The quantitative estimate of drug-likeness (QED) is 0.676. The van der Waals surface area contributed by atoms with Gasteiger partial charge in [0, 0.05) is 11.0 Å². The number of fused-ring (bicyclic) bond motifs is 3. The smallest absolute Gasteiger partial charge is 0.0966 e. The van der Waals surface area contributed by atoms with Crippen molar-refractivity contribution in [2.24, 2.45) is 0 Å². The molecule has 0 radical (unpaired) electrons. The van der Waals surface area contributed by atoms with Crippen molar-refractivity contribution in [3.05, 3.63) is 65.9 Å². The summed E-state index contributed by atoms with van der Waals surface area (Å²) in [4.78, 5) is 0. The van der Waals surface area contributed by atoms with Crippen LogP contribution < -0.4 is 0 Å². The van der Waals surface area contributed by atoms with E-state index in [1.807, 2.05) is 6.07 Å². The van der Waals surface area contributed by atoms with Gasteiger partial charge in [-0.15, -0.1) is 10.2 Å². The maximum absolute atomic E-state index is 4.19. The van der Waals surface area contributed by atoms with Gasteiger partial charge in [-0.3, -0.25) is 0 Å². The molecule has 21 heavy (non-hydrogen) atoms. The first-order valence-corrected chi connectivity index (χ1v) is 7.08. The Bertz CT molecular complexity index is 823. The Balaban J connectivity index is 2.06. The van der Waals surface area contributed by atoms with Crippen LogP contribution in [0.15, 0.2) is 54.7 Å². The normalized spacial score (nSPS) is 14.6. The van der Waals surface area contributed by atoms with Gasteiger partial charge in [-0.05, 0) is 33.5 Å². The Hall–Kier alpha value is -2.55. The number of nitrogens with zero attached hydrogens (tertiary/aromatic N) is 3. The van der Waals surface area contributed by atoms with Crippen molar-refractivity contribution in [1.82, 2.24) is 15.4 Å². The molecule has 0 aliphatic heterocycles. The van der Waals surface area contributed by atoms with Gasteiger partial charge in [0.25, 0.3) is 0 Å². The van der Waals surface area contributed by atoms with Gasteiger partial charge in [0.1, 0.15) is 0 Å². The first-order valence-electron chi connectivity index (χ1n) is 7.08. The fourth-order valence-corrected chi connectivity index (χ4v) is 3.45. The average molecular weight is 273 g/mol. The lowest BCUT2D eigenvalue weighted by Crippen LogP contribution is -2.16. The monoisotopic (exact) mass is 273 g/mol. The average Bonchev–Trinajstić information content (AvgIpc) is 2.77. The topological polar surface area (TPSA) is 38.7 Å². The van der Waals surface area contributed by atoms with Gasteiger partial charge < -0.3 is 0 Å². The molecule has 0 unspecified atom stereocenters. The molecule has 102 valence electrons. The van der Waals surface area contributed by atoms with Gasteiger partial charge in [0.15, 0.2) is 0 Å². The van der Waals surface area contributed by atoms with Crippen molar-refractivity contribution < 1.29 is 0 Å². The number of aromatic nitrogens is 3. The zero-order valence-electron chi connectivity index (χ0n) is 12.0. The summed E-state index contributed by atoms with van der Waals surface area (Å²) in [7, 11) is 0. The Morgan fingerprint density at radius 1 is 0.810 bits per heavy atom. The molecule has 0 atom stereocenters. The molecular formula is C18H15N3. The molecule has 3 aromatic rings. The molecule has 0 amide bonds. The highest BCUT2D eigenvalue weighted by Gasteiger charge is 2.37. The van der Waals surface area contributed by atoms with Crippen LogP contribution >= 0.6 is 0 Å². The van der Waals surface area contributed by atoms with Crippen molar-refractivity contribution >= 4 is 0 Å².